The first-order valence-electron chi connectivity index (χ1n) is 9.95. The summed E-state index contributed by atoms with van der Waals surface area (Å²) in [6.07, 6.45) is 0.630. The lowest BCUT2D eigenvalue weighted by Gasteiger charge is -2.28. The van der Waals surface area contributed by atoms with Crippen molar-refractivity contribution in [3.63, 3.8) is 0 Å². The highest BCUT2D eigenvalue weighted by atomic mass is 35.5. The van der Waals surface area contributed by atoms with Gasteiger partial charge < -0.3 is 0 Å². The van der Waals surface area contributed by atoms with Crippen molar-refractivity contribution in [1.29, 1.82) is 0 Å². The number of nitrogens with one attached hydrogen (secondary N) is 1. The van der Waals surface area contributed by atoms with Gasteiger partial charge in [0.25, 0.3) is 5.91 Å². The summed E-state index contributed by atoms with van der Waals surface area (Å²) in [6, 6.07) is 19.7. The van der Waals surface area contributed by atoms with Crippen LogP contribution in [0.4, 0.5) is 5.13 Å². The van der Waals surface area contributed by atoms with Crippen LogP contribution >= 0.6 is 22.9 Å². The van der Waals surface area contributed by atoms with E-state index in [2.05, 4.69) is 10.3 Å². The highest BCUT2D eigenvalue weighted by Crippen LogP contribution is 2.31. The zero-order valence-electron chi connectivity index (χ0n) is 16.8. The van der Waals surface area contributed by atoms with E-state index in [1.165, 1.54) is 33.8 Å². The largest absolute Gasteiger partial charge is 0.298 e. The van der Waals surface area contributed by atoms with Gasteiger partial charge >= 0.3 is 0 Å². The molecule has 0 bridgehead atoms. The van der Waals surface area contributed by atoms with E-state index in [1.807, 2.05) is 48.5 Å². The number of para-hydroxylation sites is 1. The van der Waals surface area contributed by atoms with Crippen LogP contribution in [0.2, 0.25) is 5.02 Å². The topological polar surface area (TPSA) is 79.4 Å². The van der Waals surface area contributed by atoms with Crippen LogP contribution < -0.4 is 5.32 Å². The summed E-state index contributed by atoms with van der Waals surface area (Å²) in [7, 11) is -3.88. The summed E-state index contributed by atoms with van der Waals surface area (Å²) in [5, 5.41) is 3.29. The van der Waals surface area contributed by atoms with Crippen LogP contribution in [0.15, 0.2) is 71.6 Å². The lowest BCUT2D eigenvalue weighted by molar-refractivity contribution is 0.102. The number of fused-ring (bicyclic) bond motifs is 2. The Kier molecular flexibility index (Phi) is 5.46. The molecule has 0 saturated heterocycles. The first-order chi connectivity index (χ1) is 15.4. The second kappa shape index (κ2) is 8.29. The number of benzene rings is 3. The van der Waals surface area contributed by atoms with Crippen LogP contribution in [0.5, 0.6) is 0 Å². The Hall–Kier alpha value is -2.78. The van der Waals surface area contributed by atoms with Crippen LogP contribution in [0, 0.1) is 0 Å². The molecule has 4 aromatic rings. The quantitative estimate of drug-likeness (QED) is 0.445. The second-order valence-corrected chi connectivity index (χ2v) is 10.8. The maximum Gasteiger partial charge on any atom is 0.257 e. The number of carbonyl (C=O) groups excluding carboxylic acids is 1. The number of aromatic nitrogens is 1. The number of nitrogens with zero attached hydrogens (tertiary/aromatic N) is 2. The van der Waals surface area contributed by atoms with E-state index in [9.17, 15) is 13.2 Å². The van der Waals surface area contributed by atoms with Gasteiger partial charge in [0.2, 0.25) is 10.0 Å². The Bertz CT molecular complexity index is 1420. The molecule has 32 heavy (non-hydrogen) atoms. The Morgan fingerprint density at radius 3 is 2.59 bits per heavy atom. The minimum Gasteiger partial charge on any atom is -0.298 e. The van der Waals surface area contributed by atoms with Gasteiger partial charge in [-0.3, -0.25) is 10.1 Å². The Labute approximate surface area is 194 Å². The van der Waals surface area contributed by atoms with E-state index in [0.29, 0.717) is 18.1 Å². The van der Waals surface area contributed by atoms with E-state index in [1.54, 1.807) is 0 Å². The van der Waals surface area contributed by atoms with Crippen LogP contribution in [0.1, 0.15) is 21.5 Å². The van der Waals surface area contributed by atoms with Gasteiger partial charge in [-0.1, -0.05) is 59.3 Å². The molecule has 1 aliphatic rings. The van der Waals surface area contributed by atoms with Crippen LogP contribution in [-0.2, 0) is 23.0 Å². The maximum absolute atomic E-state index is 13.4. The average Bonchev–Trinajstić information content (AvgIpc) is 3.21. The van der Waals surface area contributed by atoms with E-state index < -0.39 is 15.9 Å². The van der Waals surface area contributed by atoms with Crippen LogP contribution in [-0.4, -0.2) is 30.2 Å². The lowest BCUT2D eigenvalue weighted by Crippen LogP contribution is -2.36. The van der Waals surface area contributed by atoms with E-state index >= 15 is 0 Å². The lowest BCUT2D eigenvalue weighted by atomic mass is 10.0. The number of thiazole rings is 1. The maximum atomic E-state index is 13.4. The van der Waals surface area contributed by atoms with Crippen LogP contribution in [0.3, 0.4) is 0 Å². The Morgan fingerprint density at radius 1 is 1.03 bits per heavy atom. The number of hydrogen-bond acceptors (Lipinski definition) is 5. The minimum atomic E-state index is -3.88. The summed E-state index contributed by atoms with van der Waals surface area (Å²) in [5.41, 5.74) is 3.11. The van der Waals surface area contributed by atoms with Crippen molar-refractivity contribution >= 4 is 54.2 Å². The number of amides is 1. The normalized spacial score (nSPS) is 14.3. The molecule has 1 N–H and O–H groups in total. The fourth-order valence-electron chi connectivity index (χ4n) is 3.75. The molecular formula is C23H18ClN3O3S2. The number of rotatable bonds is 4. The van der Waals surface area contributed by atoms with Crippen molar-refractivity contribution in [3.05, 3.63) is 88.4 Å². The van der Waals surface area contributed by atoms with Gasteiger partial charge in [-0.05, 0) is 47.9 Å². The fourth-order valence-corrected chi connectivity index (χ4v) is 6.53. The molecule has 0 atom stereocenters. The van der Waals surface area contributed by atoms with Gasteiger partial charge in [-0.15, -0.1) is 0 Å². The summed E-state index contributed by atoms with van der Waals surface area (Å²) < 4.78 is 29.1. The Morgan fingerprint density at radius 2 is 1.78 bits per heavy atom. The highest BCUT2D eigenvalue weighted by molar-refractivity contribution is 7.89. The van der Waals surface area contributed by atoms with Gasteiger partial charge in [-0.2, -0.15) is 4.31 Å². The summed E-state index contributed by atoms with van der Waals surface area (Å²) >= 11 is 7.62. The zero-order valence-corrected chi connectivity index (χ0v) is 19.2. The molecule has 6 nitrogen and oxygen atoms in total. The molecule has 1 aromatic heterocycles. The molecule has 1 aliphatic heterocycles. The molecule has 2 heterocycles. The van der Waals surface area contributed by atoms with Crippen LogP contribution in [0.25, 0.3) is 10.2 Å². The summed E-state index contributed by atoms with van der Waals surface area (Å²) in [5.74, 6) is -0.443. The number of halogens is 1. The third-order valence-corrected chi connectivity index (χ3v) is 8.70. The predicted octanol–water partition coefficient (Wildman–Crippen LogP) is 4.95. The monoisotopic (exact) mass is 483 g/mol. The molecule has 0 saturated carbocycles. The SMILES string of the molecule is O=C(Nc1nc2ccccc2s1)c1ccc(Cl)c(S(=O)(=O)N2CCc3ccccc3C2)c1. The molecule has 9 heteroatoms. The van der Waals surface area contributed by atoms with Crippen molar-refractivity contribution in [3.8, 4) is 0 Å². The van der Waals surface area contributed by atoms with Crippen molar-refractivity contribution in [2.75, 3.05) is 11.9 Å². The summed E-state index contributed by atoms with van der Waals surface area (Å²) in [4.78, 5) is 17.1. The zero-order chi connectivity index (χ0) is 22.3. The standard InChI is InChI=1S/C23H18ClN3O3S2/c24-18-10-9-16(22(28)26-23-25-19-7-3-4-8-20(19)31-23)13-21(18)32(29,30)27-12-11-15-5-1-2-6-17(15)14-27/h1-10,13H,11-12,14H2,(H,25,26,28). The number of hydrogen-bond donors (Lipinski definition) is 1. The second-order valence-electron chi connectivity index (χ2n) is 7.44. The smallest absolute Gasteiger partial charge is 0.257 e. The molecular weight excluding hydrogens is 466 g/mol. The van der Waals surface area contributed by atoms with Crippen molar-refractivity contribution in [2.45, 2.75) is 17.9 Å². The van der Waals surface area contributed by atoms with Gasteiger partial charge in [0.15, 0.2) is 5.13 Å². The van der Waals surface area contributed by atoms with Crippen molar-refractivity contribution in [1.82, 2.24) is 9.29 Å². The molecule has 0 unspecified atom stereocenters. The predicted molar refractivity (Wildman–Crippen MR) is 127 cm³/mol. The number of carbonyl (C=O) groups is 1. The molecule has 0 aliphatic carbocycles. The minimum absolute atomic E-state index is 0.0736. The van der Waals surface area contributed by atoms with Gasteiger partial charge in [0.1, 0.15) is 4.90 Å². The Balaban J connectivity index is 1.42. The molecule has 3 aromatic carbocycles. The van der Waals surface area contributed by atoms with E-state index in [-0.39, 0.29) is 22.0 Å². The molecule has 162 valence electrons. The molecule has 0 radical (unpaired) electrons. The van der Waals surface area contributed by atoms with Gasteiger partial charge in [-0.25, -0.2) is 13.4 Å². The third-order valence-electron chi connectivity index (χ3n) is 5.42. The number of sulfonamides is 1. The molecule has 1 amide bonds. The number of anilines is 1. The molecule has 0 fully saturated rings. The first kappa shape index (κ1) is 21.1. The van der Waals surface area contributed by atoms with E-state index in [4.69, 9.17) is 11.6 Å². The highest BCUT2D eigenvalue weighted by Gasteiger charge is 2.30. The van der Waals surface area contributed by atoms with Crippen molar-refractivity contribution < 1.29 is 13.2 Å². The fraction of sp³-hybridized carbons (Fsp3) is 0.130. The summed E-state index contributed by atoms with van der Waals surface area (Å²) in [6.45, 7) is 0.634. The average molecular weight is 484 g/mol. The first-order valence-corrected chi connectivity index (χ1v) is 12.6. The van der Waals surface area contributed by atoms with Gasteiger partial charge in [0, 0.05) is 18.7 Å². The van der Waals surface area contributed by atoms with E-state index in [0.717, 1.165) is 21.3 Å². The van der Waals surface area contributed by atoms with Gasteiger partial charge in [0.05, 0.1) is 15.2 Å². The molecule has 5 rings (SSSR count). The van der Waals surface area contributed by atoms with Crippen molar-refractivity contribution in [2.24, 2.45) is 0 Å². The third kappa shape index (κ3) is 3.91. The molecule has 0 spiro atoms.